The fraction of sp³-hybridized carbons (Fsp3) is 0.0588. The van der Waals surface area contributed by atoms with E-state index in [1.54, 1.807) is 6.07 Å². The van der Waals surface area contributed by atoms with Crippen LogP contribution >= 0.6 is 0 Å². The van der Waals surface area contributed by atoms with E-state index in [0.29, 0.717) is 5.56 Å². The van der Waals surface area contributed by atoms with E-state index in [2.05, 4.69) is 9.88 Å². The van der Waals surface area contributed by atoms with E-state index in [1.165, 1.54) is 6.07 Å². The molecule has 0 radical (unpaired) electrons. The highest BCUT2D eigenvalue weighted by molar-refractivity contribution is 5.68. The summed E-state index contributed by atoms with van der Waals surface area (Å²) in [6.07, 6.45) is 2.00. The van der Waals surface area contributed by atoms with E-state index in [0.717, 1.165) is 17.1 Å². The number of hydrogen-bond acceptors (Lipinski definition) is 3. The lowest BCUT2D eigenvalue weighted by atomic mass is 9.99. The highest BCUT2D eigenvalue weighted by atomic mass is 16.3. The molecule has 1 aromatic heterocycles. The Hall–Kier alpha value is -2.88. The van der Waals surface area contributed by atoms with E-state index < -0.39 is 0 Å². The maximum Gasteiger partial charge on any atom is 0.163 e. The van der Waals surface area contributed by atoms with E-state index in [4.69, 9.17) is 0 Å². The lowest BCUT2D eigenvalue weighted by molar-refractivity contribution is 0.398. The molecule has 4 heteroatoms. The molecule has 1 unspecified atom stereocenters. The number of phenolic OH excluding ortho intramolecular Hbond substituents is 2. The molecule has 2 aromatic carbocycles. The van der Waals surface area contributed by atoms with Crippen molar-refractivity contribution in [3.63, 3.8) is 0 Å². The summed E-state index contributed by atoms with van der Waals surface area (Å²) in [5.74, 6) is -0.187. The number of nitrogens with zero attached hydrogens (tertiary/aromatic N) is 1. The van der Waals surface area contributed by atoms with Gasteiger partial charge in [0.25, 0.3) is 0 Å². The number of hydrogen-bond donors (Lipinski definition) is 3. The minimum absolute atomic E-state index is 0.0814. The first kappa shape index (κ1) is 11.9. The van der Waals surface area contributed by atoms with Crippen molar-refractivity contribution in [2.24, 2.45) is 0 Å². The molecule has 4 rings (SSSR count). The molecule has 3 aromatic rings. The number of rotatable bonds is 1. The molecule has 3 N–H and O–H groups in total. The van der Waals surface area contributed by atoms with Gasteiger partial charge in [-0.1, -0.05) is 24.3 Å². The third-order valence-electron chi connectivity index (χ3n) is 3.90. The van der Waals surface area contributed by atoms with Crippen LogP contribution < -0.4 is 5.32 Å². The lowest BCUT2D eigenvalue weighted by Crippen LogP contribution is -2.21. The molecule has 1 aliphatic heterocycles. The number of phenols is 2. The summed E-state index contributed by atoms with van der Waals surface area (Å²) < 4.78 is 2.10. The number of fused-ring (bicyclic) bond motifs is 3. The second-order valence-electron chi connectivity index (χ2n) is 5.11. The summed E-state index contributed by atoms with van der Waals surface area (Å²) in [6.45, 7) is 0. The maximum absolute atomic E-state index is 10.2. The second kappa shape index (κ2) is 4.31. The van der Waals surface area contributed by atoms with Crippen molar-refractivity contribution in [2.45, 2.75) is 6.04 Å². The Labute approximate surface area is 121 Å². The molecular weight excluding hydrogens is 264 g/mol. The Bertz CT molecular complexity index is 823. The van der Waals surface area contributed by atoms with Crippen LogP contribution in [0.3, 0.4) is 0 Å². The number of para-hydroxylation sites is 3. The van der Waals surface area contributed by atoms with Crippen LogP contribution in [0.4, 0.5) is 5.69 Å². The third kappa shape index (κ3) is 1.69. The molecule has 0 amide bonds. The maximum atomic E-state index is 10.2. The molecule has 1 aliphatic rings. The van der Waals surface area contributed by atoms with Gasteiger partial charge in [0.1, 0.15) is 0 Å². The highest BCUT2D eigenvalue weighted by Crippen LogP contribution is 2.41. The topological polar surface area (TPSA) is 57.4 Å². The van der Waals surface area contributed by atoms with Crippen molar-refractivity contribution in [1.82, 2.24) is 4.57 Å². The summed E-state index contributed by atoms with van der Waals surface area (Å²) in [4.78, 5) is 0. The Morgan fingerprint density at radius 3 is 2.67 bits per heavy atom. The molecular formula is C17H14N2O2. The van der Waals surface area contributed by atoms with Crippen molar-refractivity contribution in [1.29, 1.82) is 0 Å². The van der Waals surface area contributed by atoms with Crippen LogP contribution in [0, 0.1) is 0 Å². The number of anilines is 1. The summed E-state index contributed by atoms with van der Waals surface area (Å²) in [6, 6.07) is 16.8. The van der Waals surface area contributed by atoms with Crippen LogP contribution in [0.15, 0.2) is 60.8 Å². The Balaban J connectivity index is 1.92. The first-order valence-electron chi connectivity index (χ1n) is 6.80. The van der Waals surface area contributed by atoms with E-state index >= 15 is 0 Å². The molecule has 1 atom stereocenters. The zero-order chi connectivity index (χ0) is 14.4. The van der Waals surface area contributed by atoms with Crippen LogP contribution in [-0.2, 0) is 0 Å². The number of benzene rings is 2. The third-order valence-corrected chi connectivity index (χ3v) is 3.90. The molecule has 21 heavy (non-hydrogen) atoms. The van der Waals surface area contributed by atoms with Gasteiger partial charge in [-0.25, -0.2) is 0 Å². The van der Waals surface area contributed by atoms with E-state index in [1.807, 2.05) is 48.7 Å². The van der Waals surface area contributed by atoms with Gasteiger partial charge in [0.05, 0.1) is 17.4 Å². The average molecular weight is 278 g/mol. The zero-order valence-corrected chi connectivity index (χ0v) is 11.2. The zero-order valence-electron chi connectivity index (χ0n) is 11.2. The van der Waals surface area contributed by atoms with Crippen molar-refractivity contribution in [3.05, 3.63) is 72.1 Å². The standard InChI is InChI=1S/C17H14N2O2/c20-15-9-3-5-11(17(15)21)16-14-8-4-10-19(14)13-7-2-1-6-12(13)18-16/h1-10,16,18,20-21H. The van der Waals surface area contributed by atoms with Gasteiger partial charge in [-0.2, -0.15) is 0 Å². The summed E-state index contributed by atoms with van der Waals surface area (Å²) >= 11 is 0. The van der Waals surface area contributed by atoms with Gasteiger partial charge in [0.15, 0.2) is 11.5 Å². The van der Waals surface area contributed by atoms with Gasteiger partial charge in [-0.3, -0.25) is 0 Å². The number of aromatic hydroxyl groups is 2. The minimum Gasteiger partial charge on any atom is -0.504 e. The van der Waals surface area contributed by atoms with Crippen LogP contribution in [0.25, 0.3) is 5.69 Å². The van der Waals surface area contributed by atoms with E-state index in [9.17, 15) is 10.2 Å². The molecule has 0 spiro atoms. The lowest BCUT2D eigenvalue weighted by Gasteiger charge is -2.30. The Morgan fingerprint density at radius 1 is 0.905 bits per heavy atom. The predicted octanol–water partition coefficient (Wildman–Crippen LogP) is 3.40. The normalized spacial score (nSPS) is 15.9. The number of nitrogens with one attached hydrogen (secondary N) is 1. The molecule has 2 heterocycles. The van der Waals surface area contributed by atoms with Gasteiger partial charge < -0.3 is 20.1 Å². The minimum atomic E-state index is -0.206. The number of aromatic nitrogens is 1. The van der Waals surface area contributed by atoms with E-state index in [-0.39, 0.29) is 17.5 Å². The summed E-state index contributed by atoms with van der Waals surface area (Å²) in [5, 5.41) is 23.3. The molecule has 0 bridgehead atoms. The van der Waals surface area contributed by atoms with Crippen molar-refractivity contribution in [3.8, 4) is 17.2 Å². The molecule has 0 fully saturated rings. The monoisotopic (exact) mass is 278 g/mol. The van der Waals surface area contributed by atoms with Gasteiger partial charge >= 0.3 is 0 Å². The summed E-state index contributed by atoms with van der Waals surface area (Å²) in [7, 11) is 0. The van der Waals surface area contributed by atoms with Crippen LogP contribution in [0.5, 0.6) is 11.5 Å². The van der Waals surface area contributed by atoms with Crippen LogP contribution in [0.2, 0.25) is 0 Å². The molecule has 4 nitrogen and oxygen atoms in total. The second-order valence-corrected chi connectivity index (χ2v) is 5.11. The summed E-state index contributed by atoms with van der Waals surface area (Å²) in [5.41, 5.74) is 3.75. The average Bonchev–Trinajstić information content (AvgIpc) is 2.99. The van der Waals surface area contributed by atoms with Gasteiger partial charge in [-0.05, 0) is 30.3 Å². The molecule has 0 aliphatic carbocycles. The SMILES string of the molecule is Oc1cccc(C2Nc3ccccc3-n3cccc32)c1O. The van der Waals surface area contributed by atoms with Gasteiger partial charge in [-0.15, -0.1) is 0 Å². The van der Waals surface area contributed by atoms with Crippen LogP contribution in [-0.4, -0.2) is 14.8 Å². The highest BCUT2D eigenvalue weighted by Gasteiger charge is 2.27. The Kier molecular flexibility index (Phi) is 2.44. The molecule has 0 saturated carbocycles. The van der Waals surface area contributed by atoms with Crippen molar-refractivity contribution < 1.29 is 10.2 Å². The first-order valence-corrected chi connectivity index (χ1v) is 6.80. The Morgan fingerprint density at radius 2 is 1.76 bits per heavy atom. The van der Waals surface area contributed by atoms with Crippen LogP contribution in [0.1, 0.15) is 17.3 Å². The molecule has 104 valence electrons. The van der Waals surface area contributed by atoms with Crippen molar-refractivity contribution >= 4 is 5.69 Å². The largest absolute Gasteiger partial charge is 0.504 e. The fourth-order valence-corrected chi connectivity index (χ4v) is 2.90. The van der Waals surface area contributed by atoms with Gasteiger partial charge in [0.2, 0.25) is 0 Å². The smallest absolute Gasteiger partial charge is 0.163 e. The first-order chi connectivity index (χ1) is 10.3. The fourth-order valence-electron chi connectivity index (χ4n) is 2.90. The quantitative estimate of drug-likeness (QED) is 0.598. The van der Waals surface area contributed by atoms with Crippen molar-refractivity contribution in [2.75, 3.05) is 5.32 Å². The molecule has 0 saturated heterocycles. The predicted molar refractivity (Wildman–Crippen MR) is 81.0 cm³/mol. The van der Waals surface area contributed by atoms with Gasteiger partial charge in [0, 0.05) is 17.5 Å².